The van der Waals surface area contributed by atoms with Crippen molar-refractivity contribution in [2.45, 2.75) is 6.54 Å². The number of nitrogens with one attached hydrogen (secondary N) is 2. The van der Waals surface area contributed by atoms with Gasteiger partial charge in [0.25, 0.3) is 0 Å². The summed E-state index contributed by atoms with van der Waals surface area (Å²) >= 11 is 0. The van der Waals surface area contributed by atoms with E-state index in [1.807, 2.05) is 0 Å². The summed E-state index contributed by atoms with van der Waals surface area (Å²) < 4.78 is 37.7. The van der Waals surface area contributed by atoms with Crippen LogP contribution in [0.1, 0.15) is 5.56 Å². The number of hydrogen-bond acceptors (Lipinski definition) is 4. The molecule has 106 valence electrons. The standard InChI is InChI=1S/C13H14FN3O2S/c1-20(18,19)17-13-7-6-11(9-16-13)15-8-10-4-2-3-5-12(10)14/h2-7,9,15H,8H2,1H3,(H,16,17). The van der Waals surface area contributed by atoms with Crippen molar-refractivity contribution >= 4 is 21.5 Å². The van der Waals surface area contributed by atoms with Gasteiger partial charge in [0, 0.05) is 12.1 Å². The molecule has 0 radical (unpaired) electrons. The second-order valence-corrected chi connectivity index (χ2v) is 6.00. The number of benzene rings is 1. The van der Waals surface area contributed by atoms with Gasteiger partial charge in [0.05, 0.1) is 18.1 Å². The zero-order valence-corrected chi connectivity index (χ0v) is 11.6. The average Bonchev–Trinajstić information content (AvgIpc) is 2.38. The average molecular weight is 295 g/mol. The summed E-state index contributed by atoms with van der Waals surface area (Å²) in [7, 11) is -3.33. The van der Waals surface area contributed by atoms with Crippen LogP contribution in [0.25, 0.3) is 0 Å². The molecule has 0 bridgehead atoms. The zero-order valence-electron chi connectivity index (χ0n) is 10.8. The molecule has 0 saturated heterocycles. The molecule has 2 aromatic rings. The summed E-state index contributed by atoms with van der Waals surface area (Å²) in [5, 5.41) is 3.01. The van der Waals surface area contributed by atoms with Gasteiger partial charge in [-0.15, -0.1) is 0 Å². The summed E-state index contributed by atoms with van der Waals surface area (Å²) in [6.07, 6.45) is 2.54. The van der Waals surface area contributed by atoms with E-state index in [4.69, 9.17) is 0 Å². The monoisotopic (exact) mass is 295 g/mol. The van der Waals surface area contributed by atoms with Gasteiger partial charge in [0.1, 0.15) is 11.6 Å². The van der Waals surface area contributed by atoms with Crippen LogP contribution >= 0.6 is 0 Å². The second-order valence-electron chi connectivity index (χ2n) is 4.25. The lowest BCUT2D eigenvalue weighted by atomic mass is 10.2. The van der Waals surface area contributed by atoms with Crippen molar-refractivity contribution in [1.82, 2.24) is 4.98 Å². The van der Waals surface area contributed by atoms with Gasteiger partial charge in [0.15, 0.2) is 0 Å². The molecular formula is C13H14FN3O2S. The molecule has 0 saturated carbocycles. The minimum atomic E-state index is -3.33. The molecule has 2 rings (SSSR count). The minimum Gasteiger partial charge on any atom is -0.380 e. The lowest BCUT2D eigenvalue weighted by Gasteiger charge is -2.08. The van der Waals surface area contributed by atoms with Crippen molar-refractivity contribution in [2.24, 2.45) is 0 Å². The number of nitrogens with zero attached hydrogens (tertiary/aromatic N) is 1. The second kappa shape index (κ2) is 5.87. The molecule has 1 aromatic carbocycles. The quantitative estimate of drug-likeness (QED) is 0.887. The van der Waals surface area contributed by atoms with Crippen molar-refractivity contribution in [3.63, 3.8) is 0 Å². The van der Waals surface area contributed by atoms with E-state index in [-0.39, 0.29) is 11.6 Å². The van der Waals surface area contributed by atoms with Gasteiger partial charge in [-0.1, -0.05) is 18.2 Å². The molecular weight excluding hydrogens is 281 g/mol. The first-order chi connectivity index (χ1) is 9.44. The van der Waals surface area contributed by atoms with Crippen molar-refractivity contribution in [2.75, 3.05) is 16.3 Å². The number of aromatic nitrogens is 1. The van der Waals surface area contributed by atoms with E-state index >= 15 is 0 Å². The van der Waals surface area contributed by atoms with E-state index in [0.29, 0.717) is 17.8 Å². The lowest BCUT2D eigenvalue weighted by molar-refractivity contribution is 0.606. The number of sulfonamides is 1. The molecule has 1 heterocycles. The molecule has 0 unspecified atom stereocenters. The van der Waals surface area contributed by atoms with E-state index in [0.717, 1.165) is 6.26 Å². The van der Waals surface area contributed by atoms with Crippen LogP contribution in [0.2, 0.25) is 0 Å². The maximum Gasteiger partial charge on any atom is 0.230 e. The third-order valence-electron chi connectivity index (χ3n) is 2.49. The highest BCUT2D eigenvalue weighted by molar-refractivity contribution is 7.92. The smallest absolute Gasteiger partial charge is 0.230 e. The van der Waals surface area contributed by atoms with Crippen molar-refractivity contribution in [3.8, 4) is 0 Å². The van der Waals surface area contributed by atoms with E-state index < -0.39 is 10.0 Å². The normalized spacial score (nSPS) is 11.1. The largest absolute Gasteiger partial charge is 0.380 e. The summed E-state index contributed by atoms with van der Waals surface area (Å²) in [6.45, 7) is 0.327. The Kier molecular flexibility index (Phi) is 4.19. The van der Waals surface area contributed by atoms with Crippen LogP contribution in [-0.4, -0.2) is 19.7 Å². The van der Waals surface area contributed by atoms with Crippen LogP contribution in [0.3, 0.4) is 0 Å². The molecule has 0 aliphatic rings. The Morgan fingerprint density at radius 1 is 1.20 bits per heavy atom. The third-order valence-corrected chi connectivity index (χ3v) is 3.07. The minimum absolute atomic E-state index is 0.240. The third kappa shape index (κ3) is 4.20. The summed E-state index contributed by atoms with van der Waals surface area (Å²) in [5.41, 5.74) is 1.22. The van der Waals surface area contributed by atoms with E-state index in [1.54, 1.807) is 24.3 Å². The van der Waals surface area contributed by atoms with Crippen LogP contribution < -0.4 is 10.0 Å². The Balaban J connectivity index is 1.99. The Labute approximate surface area is 116 Å². The Morgan fingerprint density at radius 3 is 2.55 bits per heavy atom. The molecule has 2 N–H and O–H groups in total. The summed E-state index contributed by atoms with van der Waals surface area (Å²) in [4.78, 5) is 3.95. The molecule has 0 spiro atoms. The predicted octanol–water partition coefficient (Wildman–Crippen LogP) is 2.20. The van der Waals surface area contributed by atoms with Crippen LogP contribution in [0.5, 0.6) is 0 Å². The van der Waals surface area contributed by atoms with Crippen molar-refractivity contribution in [1.29, 1.82) is 0 Å². The van der Waals surface area contributed by atoms with Gasteiger partial charge in [-0.3, -0.25) is 4.72 Å². The SMILES string of the molecule is CS(=O)(=O)Nc1ccc(NCc2ccccc2F)cn1. The number of halogens is 1. The maximum absolute atomic E-state index is 13.4. The molecule has 0 aliphatic heterocycles. The highest BCUT2D eigenvalue weighted by Gasteiger charge is 2.03. The number of rotatable bonds is 5. The van der Waals surface area contributed by atoms with Gasteiger partial charge >= 0.3 is 0 Å². The molecule has 0 amide bonds. The molecule has 0 atom stereocenters. The first-order valence-electron chi connectivity index (χ1n) is 5.85. The van der Waals surface area contributed by atoms with Gasteiger partial charge in [-0.05, 0) is 18.2 Å². The Hall–Kier alpha value is -2.15. The fourth-order valence-electron chi connectivity index (χ4n) is 1.59. The molecule has 5 nitrogen and oxygen atoms in total. The van der Waals surface area contributed by atoms with Crippen LogP contribution in [0.15, 0.2) is 42.6 Å². The molecule has 20 heavy (non-hydrogen) atoms. The topological polar surface area (TPSA) is 71.1 Å². The first kappa shape index (κ1) is 14.3. The highest BCUT2D eigenvalue weighted by Crippen LogP contribution is 2.13. The van der Waals surface area contributed by atoms with Crippen LogP contribution in [0.4, 0.5) is 15.9 Å². The summed E-state index contributed by atoms with van der Waals surface area (Å²) in [5.74, 6) is -0.0349. The fourth-order valence-corrected chi connectivity index (χ4v) is 2.09. The van der Waals surface area contributed by atoms with Crippen LogP contribution in [0, 0.1) is 5.82 Å². The highest BCUT2D eigenvalue weighted by atomic mass is 32.2. The number of pyridine rings is 1. The molecule has 0 aliphatic carbocycles. The summed E-state index contributed by atoms with van der Waals surface area (Å²) in [6, 6.07) is 9.68. The van der Waals surface area contributed by atoms with Gasteiger partial charge in [0.2, 0.25) is 10.0 Å². The molecule has 7 heteroatoms. The van der Waals surface area contributed by atoms with Gasteiger partial charge in [-0.25, -0.2) is 17.8 Å². The maximum atomic E-state index is 13.4. The fraction of sp³-hybridized carbons (Fsp3) is 0.154. The Morgan fingerprint density at radius 2 is 1.95 bits per heavy atom. The number of hydrogen-bond donors (Lipinski definition) is 2. The molecule has 1 aromatic heterocycles. The number of anilines is 2. The van der Waals surface area contributed by atoms with E-state index in [2.05, 4.69) is 15.0 Å². The zero-order chi connectivity index (χ0) is 14.6. The van der Waals surface area contributed by atoms with Crippen LogP contribution in [-0.2, 0) is 16.6 Å². The van der Waals surface area contributed by atoms with Gasteiger partial charge < -0.3 is 5.32 Å². The van der Waals surface area contributed by atoms with E-state index in [9.17, 15) is 12.8 Å². The predicted molar refractivity (Wildman–Crippen MR) is 76.4 cm³/mol. The lowest BCUT2D eigenvalue weighted by Crippen LogP contribution is -2.10. The Bertz CT molecular complexity index is 687. The van der Waals surface area contributed by atoms with Crippen molar-refractivity contribution < 1.29 is 12.8 Å². The van der Waals surface area contributed by atoms with E-state index in [1.165, 1.54) is 18.3 Å². The first-order valence-corrected chi connectivity index (χ1v) is 7.74. The van der Waals surface area contributed by atoms with Crippen molar-refractivity contribution in [3.05, 3.63) is 54.0 Å². The van der Waals surface area contributed by atoms with Gasteiger partial charge in [-0.2, -0.15) is 0 Å². The molecule has 0 fully saturated rings.